The number of rotatable bonds is 11. The molecular formula is C24H26N2O5S. The number of sulfonamides is 1. The molecule has 168 valence electrons. The molecule has 0 aromatic heterocycles. The van der Waals surface area contributed by atoms with Gasteiger partial charge in [-0.15, -0.1) is 0 Å². The van der Waals surface area contributed by atoms with Crippen molar-refractivity contribution in [3.05, 3.63) is 84.4 Å². The zero-order valence-electron chi connectivity index (χ0n) is 17.8. The van der Waals surface area contributed by atoms with Crippen LogP contribution in [0.5, 0.6) is 11.5 Å². The Bertz CT molecular complexity index is 1100. The topological polar surface area (TPSA) is 93.7 Å². The number of amides is 1. The van der Waals surface area contributed by atoms with E-state index in [9.17, 15) is 13.2 Å². The minimum Gasteiger partial charge on any atom is -0.494 e. The molecule has 32 heavy (non-hydrogen) atoms. The van der Waals surface area contributed by atoms with Gasteiger partial charge in [-0.25, -0.2) is 13.1 Å². The van der Waals surface area contributed by atoms with Gasteiger partial charge in [-0.05, 0) is 67.4 Å². The molecule has 0 radical (unpaired) electrons. The van der Waals surface area contributed by atoms with Gasteiger partial charge in [0.25, 0.3) is 5.91 Å². The molecule has 1 amide bonds. The van der Waals surface area contributed by atoms with E-state index in [1.54, 1.807) is 24.3 Å². The van der Waals surface area contributed by atoms with E-state index in [0.717, 1.165) is 11.3 Å². The van der Waals surface area contributed by atoms with Crippen molar-refractivity contribution in [3.63, 3.8) is 0 Å². The minimum absolute atomic E-state index is 0.136. The molecule has 3 rings (SSSR count). The van der Waals surface area contributed by atoms with E-state index in [-0.39, 0.29) is 17.4 Å². The van der Waals surface area contributed by atoms with Crippen molar-refractivity contribution in [1.29, 1.82) is 0 Å². The molecule has 8 heteroatoms. The van der Waals surface area contributed by atoms with Gasteiger partial charge in [0.05, 0.1) is 11.5 Å². The molecule has 2 N–H and O–H groups in total. The number of anilines is 1. The zero-order valence-corrected chi connectivity index (χ0v) is 18.6. The van der Waals surface area contributed by atoms with Crippen molar-refractivity contribution >= 4 is 21.6 Å². The highest BCUT2D eigenvalue weighted by atomic mass is 32.2. The van der Waals surface area contributed by atoms with Gasteiger partial charge < -0.3 is 14.8 Å². The van der Waals surface area contributed by atoms with Gasteiger partial charge >= 0.3 is 0 Å². The number of benzene rings is 3. The number of ether oxygens (including phenoxy) is 2. The first-order chi connectivity index (χ1) is 15.5. The van der Waals surface area contributed by atoms with Crippen LogP contribution in [-0.4, -0.2) is 34.1 Å². The number of hydrogen-bond donors (Lipinski definition) is 2. The molecule has 0 aliphatic carbocycles. The summed E-state index contributed by atoms with van der Waals surface area (Å²) in [5.41, 5.74) is 1.69. The highest BCUT2D eigenvalue weighted by molar-refractivity contribution is 7.89. The Morgan fingerprint density at radius 3 is 2.12 bits per heavy atom. The number of nitrogens with one attached hydrogen (secondary N) is 2. The largest absolute Gasteiger partial charge is 0.494 e. The molecule has 0 saturated heterocycles. The first kappa shape index (κ1) is 23.3. The molecule has 0 atom stereocenters. The summed E-state index contributed by atoms with van der Waals surface area (Å²) < 4.78 is 38.3. The Hall–Kier alpha value is -3.36. The van der Waals surface area contributed by atoms with Crippen LogP contribution in [0.4, 0.5) is 5.69 Å². The van der Waals surface area contributed by atoms with Gasteiger partial charge in [0.15, 0.2) is 6.61 Å². The lowest BCUT2D eigenvalue weighted by Gasteiger charge is -2.10. The quantitative estimate of drug-likeness (QED) is 0.462. The summed E-state index contributed by atoms with van der Waals surface area (Å²) in [5, 5.41) is 2.73. The summed E-state index contributed by atoms with van der Waals surface area (Å²) in [6, 6.07) is 22.6. The van der Waals surface area contributed by atoms with Crippen LogP contribution < -0.4 is 19.5 Å². The van der Waals surface area contributed by atoms with Gasteiger partial charge in [-0.3, -0.25) is 4.79 Å². The lowest BCUT2D eigenvalue weighted by Crippen LogP contribution is -2.26. The van der Waals surface area contributed by atoms with Crippen molar-refractivity contribution < 1.29 is 22.7 Å². The SMILES string of the molecule is CCOc1ccc(NC(=O)COc2ccc(S(=O)(=O)NCCc3ccccc3)cc2)cc1. The van der Waals surface area contributed by atoms with Gasteiger partial charge in [0, 0.05) is 12.2 Å². The summed E-state index contributed by atoms with van der Waals surface area (Å²) in [7, 11) is -3.62. The van der Waals surface area contributed by atoms with Crippen LogP contribution in [0.25, 0.3) is 0 Å². The monoisotopic (exact) mass is 454 g/mol. The molecule has 0 fully saturated rings. The molecule has 0 aliphatic rings. The lowest BCUT2D eigenvalue weighted by atomic mass is 10.2. The van der Waals surface area contributed by atoms with Crippen LogP contribution in [0, 0.1) is 0 Å². The fraction of sp³-hybridized carbons (Fsp3) is 0.208. The smallest absolute Gasteiger partial charge is 0.262 e. The van der Waals surface area contributed by atoms with Crippen LogP contribution in [0.2, 0.25) is 0 Å². The van der Waals surface area contributed by atoms with Crippen molar-refractivity contribution in [2.24, 2.45) is 0 Å². The third-order valence-corrected chi connectivity index (χ3v) is 5.98. The predicted octanol–water partition coefficient (Wildman–Crippen LogP) is 3.62. The van der Waals surface area contributed by atoms with E-state index >= 15 is 0 Å². The lowest BCUT2D eigenvalue weighted by molar-refractivity contribution is -0.118. The second-order valence-corrected chi connectivity index (χ2v) is 8.67. The van der Waals surface area contributed by atoms with Gasteiger partial charge in [-0.2, -0.15) is 0 Å². The van der Waals surface area contributed by atoms with Crippen molar-refractivity contribution in [1.82, 2.24) is 4.72 Å². The van der Waals surface area contributed by atoms with E-state index < -0.39 is 10.0 Å². The maximum absolute atomic E-state index is 12.4. The first-order valence-electron chi connectivity index (χ1n) is 10.3. The predicted molar refractivity (Wildman–Crippen MR) is 124 cm³/mol. The molecule has 3 aromatic carbocycles. The summed E-state index contributed by atoms with van der Waals surface area (Å²) in [4.78, 5) is 12.2. The minimum atomic E-state index is -3.62. The van der Waals surface area contributed by atoms with E-state index in [2.05, 4.69) is 10.0 Å². The molecular weight excluding hydrogens is 428 g/mol. The normalized spacial score (nSPS) is 11.0. The first-order valence-corrected chi connectivity index (χ1v) is 11.7. The molecule has 0 unspecified atom stereocenters. The van der Waals surface area contributed by atoms with E-state index in [1.165, 1.54) is 24.3 Å². The van der Waals surface area contributed by atoms with E-state index in [4.69, 9.17) is 9.47 Å². The molecule has 7 nitrogen and oxygen atoms in total. The third-order valence-electron chi connectivity index (χ3n) is 4.50. The highest BCUT2D eigenvalue weighted by Crippen LogP contribution is 2.17. The Balaban J connectivity index is 1.46. The Morgan fingerprint density at radius 1 is 0.844 bits per heavy atom. The van der Waals surface area contributed by atoms with Gasteiger partial charge in [-0.1, -0.05) is 30.3 Å². The highest BCUT2D eigenvalue weighted by Gasteiger charge is 2.13. The summed E-state index contributed by atoms with van der Waals surface area (Å²) in [6.07, 6.45) is 0.602. The van der Waals surface area contributed by atoms with E-state index in [1.807, 2.05) is 37.3 Å². The van der Waals surface area contributed by atoms with Crippen LogP contribution >= 0.6 is 0 Å². The van der Waals surface area contributed by atoms with Gasteiger partial charge in [0.2, 0.25) is 10.0 Å². The average molecular weight is 455 g/mol. The molecule has 0 heterocycles. The summed E-state index contributed by atoms with van der Waals surface area (Å²) in [6.45, 7) is 2.58. The van der Waals surface area contributed by atoms with Crippen molar-refractivity contribution in [2.75, 3.05) is 25.1 Å². The van der Waals surface area contributed by atoms with Crippen LogP contribution in [0.3, 0.4) is 0 Å². The Kier molecular flexibility index (Phi) is 8.24. The Morgan fingerprint density at radius 2 is 1.47 bits per heavy atom. The Labute approximate surface area is 188 Å². The fourth-order valence-corrected chi connectivity index (χ4v) is 3.95. The second kappa shape index (κ2) is 11.3. The van der Waals surface area contributed by atoms with Crippen molar-refractivity contribution in [2.45, 2.75) is 18.2 Å². The zero-order chi connectivity index (χ0) is 22.8. The maximum Gasteiger partial charge on any atom is 0.262 e. The summed E-state index contributed by atoms with van der Waals surface area (Å²) >= 11 is 0. The fourth-order valence-electron chi connectivity index (χ4n) is 2.92. The second-order valence-electron chi connectivity index (χ2n) is 6.90. The standard InChI is InChI=1S/C24H26N2O5S/c1-2-30-21-10-8-20(9-11-21)26-24(27)18-31-22-12-14-23(15-13-22)32(28,29)25-17-16-19-6-4-3-5-7-19/h3-15,25H,2,16-18H2,1H3,(H,26,27). The number of hydrogen-bond acceptors (Lipinski definition) is 5. The number of carbonyl (C=O) groups excluding carboxylic acids is 1. The third kappa shape index (κ3) is 7.11. The van der Waals surface area contributed by atoms with Crippen LogP contribution in [0.15, 0.2) is 83.8 Å². The molecule has 3 aromatic rings. The molecule has 0 spiro atoms. The number of carbonyl (C=O) groups is 1. The van der Waals surface area contributed by atoms with E-state index in [0.29, 0.717) is 31.0 Å². The maximum atomic E-state index is 12.4. The average Bonchev–Trinajstić information content (AvgIpc) is 2.80. The molecule has 0 bridgehead atoms. The molecule has 0 saturated carbocycles. The van der Waals surface area contributed by atoms with Gasteiger partial charge in [0.1, 0.15) is 11.5 Å². The van der Waals surface area contributed by atoms with Crippen LogP contribution in [-0.2, 0) is 21.2 Å². The molecule has 0 aliphatic heterocycles. The van der Waals surface area contributed by atoms with Crippen LogP contribution in [0.1, 0.15) is 12.5 Å². The summed E-state index contributed by atoms with van der Waals surface area (Å²) in [5.74, 6) is 0.801. The van der Waals surface area contributed by atoms with Crippen molar-refractivity contribution in [3.8, 4) is 11.5 Å².